The van der Waals surface area contributed by atoms with Crippen LogP contribution >= 0.6 is 0 Å². The number of rotatable bonds is 4. The Bertz CT molecular complexity index is 954. The molecule has 1 amide bonds. The molecule has 3 rings (SSSR count). The lowest BCUT2D eigenvalue weighted by molar-refractivity contribution is -0.114. The molecule has 126 valence electrons. The summed E-state index contributed by atoms with van der Waals surface area (Å²) >= 11 is 0. The van der Waals surface area contributed by atoms with Crippen molar-refractivity contribution < 1.29 is 14.3 Å². The van der Waals surface area contributed by atoms with Gasteiger partial charge in [0.05, 0.1) is 18.4 Å². The van der Waals surface area contributed by atoms with Gasteiger partial charge in [0.1, 0.15) is 12.1 Å². The molecule has 0 saturated heterocycles. The molecule has 0 spiro atoms. The summed E-state index contributed by atoms with van der Waals surface area (Å²) in [6, 6.07) is 13.2. The molecule has 6 heteroatoms. The first-order valence-electron chi connectivity index (χ1n) is 7.75. The van der Waals surface area contributed by atoms with Gasteiger partial charge in [-0.2, -0.15) is 0 Å². The van der Waals surface area contributed by atoms with Crippen LogP contribution in [0.2, 0.25) is 0 Å². The van der Waals surface area contributed by atoms with E-state index in [0.717, 1.165) is 22.0 Å². The van der Waals surface area contributed by atoms with Crippen LogP contribution in [0, 0.1) is 0 Å². The van der Waals surface area contributed by atoms with Crippen molar-refractivity contribution in [3.63, 3.8) is 0 Å². The van der Waals surface area contributed by atoms with Crippen molar-refractivity contribution in [3.8, 4) is 0 Å². The van der Waals surface area contributed by atoms with Crippen LogP contribution in [0.4, 0.5) is 5.82 Å². The number of ether oxygens (including phenoxy) is 1. The van der Waals surface area contributed by atoms with Gasteiger partial charge < -0.3 is 10.1 Å². The van der Waals surface area contributed by atoms with Crippen molar-refractivity contribution in [2.75, 3.05) is 12.4 Å². The van der Waals surface area contributed by atoms with Crippen molar-refractivity contribution in [3.05, 3.63) is 65.6 Å². The average Bonchev–Trinajstić information content (AvgIpc) is 2.60. The van der Waals surface area contributed by atoms with Gasteiger partial charge in [0.2, 0.25) is 5.91 Å². The molecular weight excluding hydrogens is 318 g/mol. The third-order valence-corrected chi connectivity index (χ3v) is 3.76. The maximum atomic E-state index is 11.9. The van der Waals surface area contributed by atoms with Crippen molar-refractivity contribution in [1.82, 2.24) is 9.97 Å². The fraction of sp³-hybridized carbons (Fsp3) is 0.158. The van der Waals surface area contributed by atoms with Gasteiger partial charge in [-0.05, 0) is 22.4 Å². The summed E-state index contributed by atoms with van der Waals surface area (Å²) in [6.45, 7) is 1.43. The summed E-state index contributed by atoms with van der Waals surface area (Å²) in [6.07, 6.45) is 2.02. The van der Waals surface area contributed by atoms with E-state index in [2.05, 4.69) is 15.3 Å². The van der Waals surface area contributed by atoms with E-state index in [1.165, 1.54) is 20.4 Å². The van der Waals surface area contributed by atoms with Crippen LogP contribution in [-0.4, -0.2) is 29.0 Å². The highest BCUT2D eigenvalue weighted by Gasteiger charge is 2.10. The first kappa shape index (κ1) is 16.6. The topological polar surface area (TPSA) is 81.2 Å². The summed E-state index contributed by atoms with van der Waals surface area (Å²) in [5.41, 5.74) is 2.38. The van der Waals surface area contributed by atoms with Crippen molar-refractivity contribution in [2.24, 2.45) is 0 Å². The van der Waals surface area contributed by atoms with E-state index in [4.69, 9.17) is 4.74 Å². The molecule has 0 unspecified atom stereocenters. The quantitative estimate of drug-likeness (QED) is 0.741. The molecule has 0 aliphatic rings. The second-order valence-corrected chi connectivity index (χ2v) is 5.61. The Labute approximate surface area is 144 Å². The minimum Gasteiger partial charge on any atom is -0.465 e. The summed E-state index contributed by atoms with van der Waals surface area (Å²) in [7, 11) is 1.37. The molecule has 6 nitrogen and oxygen atoms in total. The Morgan fingerprint density at radius 3 is 2.72 bits per heavy atom. The highest BCUT2D eigenvalue weighted by molar-refractivity contribution is 6.04. The predicted molar refractivity (Wildman–Crippen MR) is 94.4 cm³/mol. The van der Waals surface area contributed by atoms with E-state index in [9.17, 15) is 9.59 Å². The molecule has 0 atom stereocenters. The maximum absolute atomic E-state index is 11.9. The Balaban J connectivity index is 1.90. The van der Waals surface area contributed by atoms with Gasteiger partial charge in [0.25, 0.3) is 0 Å². The van der Waals surface area contributed by atoms with Gasteiger partial charge in [0.15, 0.2) is 0 Å². The summed E-state index contributed by atoms with van der Waals surface area (Å²) < 4.78 is 4.82. The molecule has 0 fully saturated rings. The number of nitrogens with one attached hydrogen (secondary N) is 1. The Morgan fingerprint density at radius 2 is 1.96 bits per heavy atom. The molecule has 0 aliphatic carbocycles. The highest BCUT2D eigenvalue weighted by atomic mass is 16.5. The molecule has 1 aromatic heterocycles. The Kier molecular flexibility index (Phi) is 4.70. The fourth-order valence-electron chi connectivity index (χ4n) is 2.68. The molecule has 0 saturated carbocycles. The maximum Gasteiger partial charge on any atom is 0.338 e. The highest BCUT2D eigenvalue weighted by Crippen LogP contribution is 2.22. The number of esters is 1. The van der Waals surface area contributed by atoms with Gasteiger partial charge in [0, 0.05) is 19.4 Å². The van der Waals surface area contributed by atoms with Crippen molar-refractivity contribution >= 4 is 28.5 Å². The lowest BCUT2D eigenvalue weighted by atomic mass is 10.00. The number of fused-ring (bicyclic) bond motifs is 1. The SMILES string of the molecule is COC(=O)c1cccc2cc(Cc3cc(NC(C)=O)ncn3)ccc12. The van der Waals surface area contributed by atoms with E-state index >= 15 is 0 Å². The van der Waals surface area contributed by atoms with Crippen LogP contribution in [0.15, 0.2) is 48.8 Å². The minimum atomic E-state index is -0.353. The van der Waals surface area contributed by atoms with E-state index in [-0.39, 0.29) is 11.9 Å². The van der Waals surface area contributed by atoms with Crippen molar-refractivity contribution in [2.45, 2.75) is 13.3 Å². The second kappa shape index (κ2) is 7.09. The second-order valence-electron chi connectivity index (χ2n) is 5.61. The number of benzene rings is 2. The molecule has 2 aromatic carbocycles. The largest absolute Gasteiger partial charge is 0.465 e. The summed E-state index contributed by atoms with van der Waals surface area (Å²) in [4.78, 5) is 31.2. The molecule has 1 N–H and O–H groups in total. The zero-order chi connectivity index (χ0) is 17.8. The first-order valence-corrected chi connectivity index (χ1v) is 7.75. The number of aromatic nitrogens is 2. The average molecular weight is 335 g/mol. The lowest BCUT2D eigenvalue weighted by Gasteiger charge is -2.08. The van der Waals surface area contributed by atoms with Gasteiger partial charge in [-0.3, -0.25) is 4.79 Å². The fourth-order valence-corrected chi connectivity index (χ4v) is 2.68. The molecule has 25 heavy (non-hydrogen) atoms. The van der Waals surface area contributed by atoms with Crippen molar-refractivity contribution in [1.29, 1.82) is 0 Å². The molecule has 3 aromatic rings. The smallest absolute Gasteiger partial charge is 0.338 e. The van der Waals surface area contributed by atoms with Crippen LogP contribution < -0.4 is 5.32 Å². The first-order chi connectivity index (χ1) is 12.1. The predicted octanol–water partition coefficient (Wildman–Crippen LogP) is 2.97. The van der Waals surface area contributed by atoms with E-state index < -0.39 is 0 Å². The number of methoxy groups -OCH3 is 1. The molecular formula is C19H17N3O3. The molecule has 0 radical (unpaired) electrons. The Morgan fingerprint density at radius 1 is 1.12 bits per heavy atom. The third-order valence-electron chi connectivity index (χ3n) is 3.76. The number of nitrogens with zero attached hydrogens (tertiary/aromatic N) is 2. The molecule has 0 bridgehead atoms. The van der Waals surface area contributed by atoms with Crippen LogP contribution in [0.25, 0.3) is 10.8 Å². The van der Waals surface area contributed by atoms with Crippen LogP contribution in [0.5, 0.6) is 0 Å². The van der Waals surface area contributed by atoms with E-state index in [1.54, 1.807) is 12.1 Å². The molecule has 0 aliphatic heterocycles. The standard InChI is InChI=1S/C19H17N3O3/c1-12(23)22-18-10-15(20-11-21-18)9-13-6-7-16-14(8-13)4-3-5-17(16)19(24)25-2/h3-8,10-11H,9H2,1-2H3,(H,20,21,22,23). The van der Waals surface area contributed by atoms with Gasteiger partial charge in [-0.1, -0.05) is 30.3 Å². The van der Waals surface area contributed by atoms with Crippen LogP contribution in [-0.2, 0) is 16.0 Å². The van der Waals surface area contributed by atoms with Crippen LogP contribution in [0.3, 0.4) is 0 Å². The lowest BCUT2D eigenvalue weighted by Crippen LogP contribution is -2.08. The Hall–Kier alpha value is -3.28. The number of carbonyl (C=O) groups is 2. The molecule has 1 heterocycles. The van der Waals surface area contributed by atoms with E-state index in [0.29, 0.717) is 17.8 Å². The summed E-state index contributed by atoms with van der Waals surface area (Å²) in [5.74, 6) is -0.0499. The number of anilines is 1. The van der Waals surface area contributed by atoms with E-state index in [1.807, 2.05) is 30.3 Å². The van der Waals surface area contributed by atoms with Crippen LogP contribution in [0.1, 0.15) is 28.5 Å². The normalized spacial score (nSPS) is 10.5. The zero-order valence-corrected chi connectivity index (χ0v) is 13.9. The third kappa shape index (κ3) is 3.80. The van der Waals surface area contributed by atoms with Gasteiger partial charge in [-0.15, -0.1) is 0 Å². The number of hydrogen-bond donors (Lipinski definition) is 1. The summed E-state index contributed by atoms with van der Waals surface area (Å²) in [5, 5.41) is 4.45. The number of amides is 1. The number of hydrogen-bond acceptors (Lipinski definition) is 5. The minimum absolute atomic E-state index is 0.175. The zero-order valence-electron chi connectivity index (χ0n) is 13.9. The van der Waals surface area contributed by atoms with Gasteiger partial charge in [-0.25, -0.2) is 14.8 Å². The van der Waals surface area contributed by atoms with Gasteiger partial charge >= 0.3 is 5.97 Å². The number of carbonyl (C=O) groups excluding carboxylic acids is 2. The monoisotopic (exact) mass is 335 g/mol.